The highest BCUT2D eigenvalue weighted by atomic mass is 35.5. The average molecular weight is 304 g/mol. The summed E-state index contributed by atoms with van der Waals surface area (Å²) >= 11 is 7.08. The Morgan fingerprint density at radius 1 is 1.39 bits per heavy atom. The van der Waals surface area contributed by atoms with Crippen molar-refractivity contribution in [2.45, 2.75) is 11.4 Å². The number of nitrogen functional groups attached to an aromatic ring is 1. The van der Waals surface area contributed by atoms with E-state index in [2.05, 4.69) is 9.71 Å². The van der Waals surface area contributed by atoms with Gasteiger partial charge in [0.2, 0.25) is 10.0 Å². The van der Waals surface area contributed by atoms with Crippen LogP contribution in [0.5, 0.6) is 0 Å². The van der Waals surface area contributed by atoms with E-state index < -0.39 is 10.0 Å². The number of thiophene rings is 1. The number of hydrogen-bond donors (Lipinski definition) is 2. The topological polar surface area (TPSA) is 85.1 Å². The molecular formula is C10H10ClN3O2S2. The second-order valence-electron chi connectivity index (χ2n) is 3.42. The highest BCUT2D eigenvalue weighted by molar-refractivity contribution is 7.89. The van der Waals surface area contributed by atoms with Gasteiger partial charge in [0.05, 0.1) is 4.34 Å². The quantitative estimate of drug-likeness (QED) is 0.903. The first-order valence-electron chi connectivity index (χ1n) is 4.93. The lowest BCUT2D eigenvalue weighted by molar-refractivity contribution is 0.582. The van der Waals surface area contributed by atoms with Crippen LogP contribution in [0, 0.1) is 0 Å². The number of anilines is 1. The third-order valence-corrected chi connectivity index (χ3v) is 4.83. The number of hydrogen-bond acceptors (Lipinski definition) is 5. The SMILES string of the molecule is Nc1ncccc1S(=O)(=O)NCc1ccc(Cl)s1. The Kier molecular flexibility index (Phi) is 3.86. The predicted octanol–water partition coefficient (Wildman–Crippen LogP) is 1.86. The minimum absolute atomic E-state index is 0.0192. The summed E-state index contributed by atoms with van der Waals surface area (Å²) in [5.41, 5.74) is 5.53. The maximum Gasteiger partial charge on any atom is 0.244 e. The molecule has 0 saturated carbocycles. The van der Waals surface area contributed by atoms with E-state index in [1.54, 1.807) is 12.1 Å². The van der Waals surface area contributed by atoms with Gasteiger partial charge in [0.25, 0.3) is 0 Å². The highest BCUT2D eigenvalue weighted by Crippen LogP contribution is 2.22. The molecule has 0 aromatic carbocycles. The predicted molar refractivity (Wildman–Crippen MR) is 72.0 cm³/mol. The molecule has 0 fully saturated rings. The van der Waals surface area contributed by atoms with Crippen LogP contribution in [0.25, 0.3) is 0 Å². The lowest BCUT2D eigenvalue weighted by atomic mass is 10.5. The second-order valence-corrected chi connectivity index (χ2v) is 6.95. The van der Waals surface area contributed by atoms with Gasteiger partial charge in [-0.25, -0.2) is 18.1 Å². The average Bonchev–Trinajstić information content (AvgIpc) is 2.73. The molecule has 0 aliphatic rings. The van der Waals surface area contributed by atoms with Crippen molar-refractivity contribution >= 4 is 38.8 Å². The maximum atomic E-state index is 12.0. The number of nitrogens with one attached hydrogen (secondary N) is 1. The summed E-state index contributed by atoms with van der Waals surface area (Å²) in [6, 6.07) is 6.41. The molecule has 5 nitrogen and oxygen atoms in total. The fraction of sp³-hybridized carbons (Fsp3) is 0.100. The maximum absolute atomic E-state index is 12.0. The van der Waals surface area contributed by atoms with Crippen LogP contribution in [-0.4, -0.2) is 13.4 Å². The molecule has 18 heavy (non-hydrogen) atoms. The van der Waals surface area contributed by atoms with Crippen LogP contribution in [0.2, 0.25) is 4.34 Å². The van der Waals surface area contributed by atoms with Gasteiger partial charge in [-0.15, -0.1) is 11.3 Å². The van der Waals surface area contributed by atoms with Gasteiger partial charge in [-0.1, -0.05) is 11.6 Å². The molecule has 2 rings (SSSR count). The second kappa shape index (κ2) is 5.23. The van der Waals surface area contributed by atoms with E-state index in [4.69, 9.17) is 17.3 Å². The van der Waals surface area contributed by atoms with Crippen LogP contribution < -0.4 is 10.5 Å². The third-order valence-electron chi connectivity index (χ3n) is 2.15. The van der Waals surface area contributed by atoms with Crippen molar-refractivity contribution in [3.63, 3.8) is 0 Å². The molecule has 8 heteroatoms. The van der Waals surface area contributed by atoms with Gasteiger partial charge in [0, 0.05) is 17.6 Å². The third kappa shape index (κ3) is 2.99. The van der Waals surface area contributed by atoms with Crippen molar-refractivity contribution in [3.8, 4) is 0 Å². The van der Waals surface area contributed by atoms with Crippen LogP contribution in [0.15, 0.2) is 35.4 Å². The Hall–Kier alpha value is -1.15. The van der Waals surface area contributed by atoms with Crippen molar-refractivity contribution in [3.05, 3.63) is 39.7 Å². The molecule has 0 saturated heterocycles. The Bertz CT molecular complexity index is 655. The molecule has 2 heterocycles. The fourth-order valence-corrected chi connectivity index (χ4v) is 3.53. The van der Waals surface area contributed by atoms with Crippen LogP contribution in [0.4, 0.5) is 5.82 Å². The summed E-state index contributed by atoms with van der Waals surface area (Å²) in [5.74, 6) is -0.0192. The van der Waals surface area contributed by atoms with Crippen molar-refractivity contribution in [1.82, 2.24) is 9.71 Å². The molecule has 0 amide bonds. The van der Waals surface area contributed by atoms with E-state index in [-0.39, 0.29) is 17.3 Å². The molecule has 96 valence electrons. The first kappa shape index (κ1) is 13.3. The summed E-state index contributed by atoms with van der Waals surface area (Å²) < 4.78 is 27.0. The summed E-state index contributed by atoms with van der Waals surface area (Å²) in [6.07, 6.45) is 1.44. The summed E-state index contributed by atoms with van der Waals surface area (Å²) in [4.78, 5) is 4.55. The number of aromatic nitrogens is 1. The normalized spacial score (nSPS) is 11.6. The molecule has 0 aliphatic heterocycles. The van der Waals surface area contributed by atoms with E-state index in [0.29, 0.717) is 4.34 Å². The van der Waals surface area contributed by atoms with E-state index in [9.17, 15) is 8.42 Å². The van der Waals surface area contributed by atoms with Crippen molar-refractivity contribution < 1.29 is 8.42 Å². The molecule has 0 unspecified atom stereocenters. The molecule has 0 aliphatic carbocycles. The number of nitrogens with two attached hydrogens (primary N) is 1. The van der Waals surface area contributed by atoms with Gasteiger partial charge in [-0.2, -0.15) is 0 Å². The minimum atomic E-state index is -3.65. The van der Waals surface area contributed by atoms with E-state index in [0.717, 1.165) is 4.88 Å². The number of rotatable bonds is 4. The number of nitrogens with zero attached hydrogens (tertiary/aromatic N) is 1. The zero-order valence-corrected chi connectivity index (χ0v) is 11.5. The summed E-state index contributed by atoms with van der Waals surface area (Å²) in [5, 5.41) is 0. The Balaban J connectivity index is 2.16. The van der Waals surface area contributed by atoms with Crippen molar-refractivity contribution in [2.24, 2.45) is 0 Å². The van der Waals surface area contributed by atoms with Crippen LogP contribution in [0.3, 0.4) is 0 Å². The van der Waals surface area contributed by atoms with Crippen LogP contribution >= 0.6 is 22.9 Å². The Labute approximate surface area is 114 Å². The fourth-order valence-electron chi connectivity index (χ4n) is 1.32. The van der Waals surface area contributed by atoms with Gasteiger partial charge in [-0.3, -0.25) is 0 Å². The molecule has 0 radical (unpaired) electrons. The van der Waals surface area contributed by atoms with Crippen LogP contribution in [-0.2, 0) is 16.6 Å². The lowest BCUT2D eigenvalue weighted by Crippen LogP contribution is -2.24. The highest BCUT2D eigenvalue weighted by Gasteiger charge is 2.17. The molecule has 2 aromatic rings. The molecule has 3 N–H and O–H groups in total. The zero-order chi connectivity index (χ0) is 13.2. The zero-order valence-electron chi connectivity index (χ0n) is 9.13. The van der Waals surface area contributed by atoms with Gasteiger partial charge in [0.15, 0.2) is 0 Å². The molecule has 2 aromatic heterocycles. The van der Waals surface area contributed by atoms with Crippen molar-refractivity contribution in [1.29, 1.82) is 0 Å². The minimum Gasteiger partial charge on any atom is -0.383 e. The number of halogens is 1. The van der Waals surface area contributed by atoms with Crippen molar-refractivity contribution in [2.75, 3.05) is 5.73 Å². The first-order chi connectivity index (χ1) is 8.49. The standard InChI is InChI=1S/C10H10ClN3O2S2/c11-9-4-3-7(17-9)6-14-18(15,16)8-2-1-5-13-10(8)12/h1-5,14H,6H2,(H2,12,13). The summed E-state index contributed by atoms with van der Waals surface area (Å²) in [7, 11) is -3.65. The number of sulfonamides is 1. The van der Waals surface area contributed by atoms with Gasteiger partial charge in [-0.05, 0) is 24.3 Å². The molecule has 0 bridgehead atoms. The van der Waals surface area contributed by atoms with Crippen LogP contribution in [0.1, 0.15) is 4.88 Å². The molecular weight excluding hydrogens is 294 g/mol. The van der Waals surface area contributed by atoms with Gasteiger partial charge < -0.3 is 5.73 Å². The first-order valence-corrected chi connectivity index (χ1v) is 7.61. The van der Waals surface area contributed by atoms with E-state index >= 15 is 0 Å². The number of pyridine rings is 1. The Morgan fingerprint density at radius 3 is 2.78 bits per heavy atom. The summed E-state index contributed by atoms with van der Waals surface area (Å²) in [6.45, 7) is 0.175. The van der Waals surface area contributed by atoms with Gasteiger partial charge in [0.1, 0.15) is 10.7 Å². The van der Waals surface area contributed by atoms with E-state index in [1.165, 1.54) is 29.7 Å². The lowest BCUT2D eigenvalue weighted by Gasteiger charge is -2.06. The Morgan fingerprint density at radius 2 is 2.17 bits per heavy atom. The van der Waals surface area contributed by atoms with E-state index in [1.807, 2.05) is 0 Å². The molecule has 0 atom stereocenters. The van der Waals surface area contributed by atoms with Gasteiger partial charge >= 0.3 is 0 Å². The monoisotopic (exact) mass is 303 g/mol. The largest absolute Gasteiger partial charge is 0.383 e. The molecule has 0 spiro atoms. The smallest absolute Gasteiger partial charge is 0.244 e.